The summed E-state index contributed by atoms with van der Waals surface area (Å²) >= 11 is 0. The standard InChI is InChI=1S/C20H18N2O3S/c23-20(15-7-9-16(10-8-15)22-12-3-4-13-22)21-18-11-14-26(24,25)19-6-2-1-5-17(18)19/h1-10,12-13,18H,11,14H2,(H,21,23)/t18-/m0/s1. The van der Waals surface area contributed by atoms with E-state index in [1.807, 2.05) is 41.2 Å². The minimum absolute atomic E-state index is 0.0432. The number of fused-ring (bicyclic) bond motifs is 1. The summed E-state index contributed by atoms with van der Waals surface area (Å²) in [6, 6.07) is 17.8. The van der Waals surface area contributed by atoms with Crippen LogP contribution in [0.1, 0.15) is 28.4 Å². The molecule has 0 bridgehead atoms. The molecule has 4 rings (SSSR count). The molecule has 1 N–H and O–H groups in total. The summed E-state index contributed by atoms with van der Waals surface area (Å²) in [6.45, 7) is 0. The Morgan fingerprint density at radius 1 is 0.962 bits per heavy atom. The maximum atomic E-state index is 12.6. The second-order valence-corrected chi connectivity index (χ2v) is 8.39. The average Bonchev–Trinajstić information content (AvgIpc) is 3.19. The molecule has 0 aliphatic carbocycles. The van der Waals surface area contributed by atoms with Gasteiger partial charge in [-0.3, -0.25) is 4.79 Å². The van der Waals surface area contributed by atoms with E-state index in [2.05, 4.69) is 5.32 Å². The number of carbonyl (C=O) groups excluding carboxylic acids is 1. The second-order valence-electron chi connectivity index (χ2n) is 6.31. The van der Waals surface area contributed by atoms with Crippen LogP contribution in [0.4, 0.5) is 0 Å². The minimum Gasteiger partial charge on any atom is -0.345 e. The van der Waals surface area contributed by atoms with Crippen LogP contribution in [-0.2, 0) is 9.84 Å². The molecular formula is C20H18N2O3S. The van der Waals surface area contributed by atoms with Crippen molar-refractivity contribution in [3.05, 3.63) is 84.2 Å². The van der Waals surface area contributed by atoms with Gasteiger partial charge >= 0.3 is 0 Å². The van der Waals surface area contributed by atoms with Gasteiger partial charge in [0.15, 0.2) is 9.84 Å². The molecule has 1 aromatic heterocycles. The van der Waals surface area contributed by atoms with Crippen LogP contribution in [0.3, 0.4) is 0 Å². The quantitative estimate of drug-likeness (QED) is 0.774. The highest BCUT2D eigenvalue weighted by Crippen LogP contribution is 2.32. The normalized spacial score (nSPS) is 18.1. The molecule has 0 fully saturated rings. The van der Waals surface area contributed by atoms with Gasteiger partial charge in [0.2, 0.25) is 0 Å². The molecule has 0 spiro atoms. The molecule has 0 radical (unpaired) electrons. The highest BCUT2D eigenvalue weighted by Gasteiger charge is 2.30. The third kappa shape index (κ3) is 3.04. The van der Waals surface area contributed by atoms with Gasteiger partial charge in [-0.15, -0.1) is 0 Å². The number of hydrogen-bond acceptors (Lipinski definition) is 3. The predicted octanol–water partition coefficient (Wildman–Crippen LogP) is 3.13. The Kier molecular flexibility index (Phi) is 4.12. The van der Waals surface area contributed by atoms with Crippen molar-refractivity contribution in [3.63, 3.8) is 0 Å². The topological polar surface area (TPSA) is 68.2 Å². The summed E-state index contributed by atoms with van der Waals surface area (Å²) in [6.07, 6.45) is 4.26. The molecule has 1 atom stereocenters. The van der Waals surface area contributed by atoms with Crippen molar-refractivity contribution in [2.45, 2.75) is 17.4 Å². The van der Waals surface area contributed by atoms with Crippen molar-refractivity contribution in [1.82, 2.24) is 9.88 Å². The Morgan fingerprint density at radius 2 is 1.65 bits per heavy atom. The summed E-state index contributed by atoms with van der Waals surface area (Å²) < 4.78 is 26.4. The first-order chi connectivity index (χ1) is 12.5. The summed E-state index contributed by atoms with van der Waals surface area (Å²) in [7, 11) is -3.26. The molecule has 2 heterocycles. The van der Waals surface area contributed by atoms with Crippen LogP contribution < -0.4 is 5.32 Å². The largest absolute Gasteiger partial charge is 0.345 e. The van der Waals surface area contributed by atoms with Crippen LogP contribution in [0.2, 0.25) is 0 Å². The van der Waals surface area contributed by atoms with E-state index in [0.717, 1.165) is 5.69 Å². The van der Waals surface area contributed by atoms with Gasteiger partial charge in [-0.05, 0) is 54.4 Å². The van der Waals surface area contributed by atoms with Gasteiger partial charge in [-0.1, -0.05) is 18.2 Å². The first-order valence-electron chi connectivity index (χ1n) is 8.40. The number of benzene rings is 2. The smallest absolute Gasteiger partial charge is 0.251 e. The Morgan fingerprint density at radius 3 is 2.38 bits per heavy atom. The zero-order chi connectivity index (χ0) is 18.1. The monoisotopic (exact) mass is 366 g/mol. The zero-order valence-electron chi connectivity index (χ0n) is 14.0. The highest BCUT2D eigenvalue weighted by atomic mass is 32.2. The van der Waals surface area contributed by atoms with Crippen LogP contribution in [0.15, 0.2) is 78.0 Å². The number of sulfone groups is 1. The number of nitrogens with zero attached hydrogens (tertiary/aromatic N) is 1. The second kappa shape index (κ2) is 6.46. The van der Waals surface area contributed by atoms with E-state index in [9.17, 15) is 13.2 Å². The van der Waals surface area contributed by atoms with Gasteiger partial charge in [-0.25, -0.2) is 8.42 Å². The number of aromatic nitrogens is 1. The van der Waals surface area contributed by atoms with Crippen LogP contribution in [-0.4, -0.2) is 24.6 Å². The van der Waals surface area contributed by atoms with E-state index < -0.39 is 9.84 Å². The third-order valence-electron chi connectivity index (χ3n) is 4.64. The molecule has 1 amide bonds. The molecule has 0 saturated heterocycles. The number of carbonyl (C=O) groups is 1. The van der Waals surface area contributed by atoms with Gasteiger partial charge < -0.3 is 9.88 Å². The first kappa shape index (κ1) is 16.6. The van der Waals surface area contributed by atoms with Crippen molar-refractivity contribution >= 4 is 15.7 Å². The molecule has 132 valence electrons. The molecule has 2 aromatic carbocycles. The van der Waals surface area contributed by atoms with Crippen molar-refractivity contribution in [1.29, 1.82) is 0 Å². The maximum Gasteiger partial charge on any atom is 0.251 e. The lowest BCUT2D eigenvalue weighted by Crippen LogP contribution is -2.33. The highest BCUT2D eigenvalue weighted by molar-refractivity contribution is 7.91. The van der Waals surface area contributed by atoms with Crippen molar-refractivity contribution in [3.8, 4) is 5.69 Å². The molecule has 5 nitrogen and oxygen atoms in total. The third-order valence-corrected chi connectivity index (χ3v) is 6.46. The summed E-state index contributed by atoms with van der Waals surface area (Å²) in [5, 5.41) is 2.97. The van der Waals surface area contributed by atoms with Crippen molar-refractivity contribution < 1.29 is 13.2 Å². The predicted molar refractivity (Wildman–Crippen MR) is 99.1 cm³/mol. The van der Waals surface area contributed by atoms with E-state index in [1.54, 1.807) is 36.4 Å². The van der Waals surface area contributed by atoms with Gasteiger partial charge in [-0.2, -0.15) is 0 Å². The SMILES string of the molecule is O=C(N[C@H]1CCS(=O)(=O)c2ccccc21)c1ccc(-n2cccc2)cc1. The molecule has 0 saturated carbocycles. The van der Waals surface area contributed by atoms with Gasteiger partial charge in [0.1, 0.15) is 0 Å². The molecule has 1 aliphatic rings. The summed E-state index contributed by atoms with van der Waals surface area (Å²) in [4.78, 5) is 12.9. The minimum atomic E-state index is -3.26. The van der Waals surface area contributed by atoms with Crippen molar-refractivity contribution in [2.24, 2.45) is 0 Å². The van der Waals surface area contributed by atoms with Gasteiger partial charge in [0.25, 0.3) is 5.91 Å². The van der Waals surface area contributed by atoms with Crippen LogP contribution >= 0.6 is 0 Å². The lowest BCUT2D eigenvalue weighted by molar-refractivity contribution is 0.0934. The molecule has 1 aliphatic heterocycles. The number of hydrogen-bond donors (Lipinski definition) is 1. The Balaban J connectivity index is 1.55. The van der Waals surface area contributed by atoms with Gasteiger partial charge in [0.05, 0.1) is 16.7 Å². The molecule has 6 heteroatoms. The lowest BCUT2D eigenvalue weighted by Gasteiger charge is -2.26. The van der Waals surface area contributed by atoms with Crippen LogP contribution in [0.25, 0.3) is 5.69 Å². The Hall–Kier alpha value is -2.86. The number of nitrogens with one attached hydrogen (secondary N) is 1. The van der Waals surface area contributed by atoms with E-state index in [0.29, 0.717) is 22.4 Å². The van der Waals surface area contributed by atoms with E-state index in [-0.39, 0.29) is 17.7 Å². The summed E-state index contributed by atoms with van der Waals surface area (Å²) in [5.74, 6) is -0.162. The Labute approximate surface area is 152 Å². The molecule has 3 aromatic rings. The number of amides is 1. The molecular weight excluding hydrogens is 348 g/mol. The first-order valence-corrected chi connectivity index (χ1v) is 10.1. The van der Waals surface area contributed by atoms with E-state index >= 15 is 0 Å². The fourth-order valence-corrected chi connectivity index (χ4v) is 4.89. The maximum absolute atomic E-state index is 12.6. The Bertz CT molecular complexity index is 1040. The fourth-order valence-electron chi connectivity index (χ4n) is 3.27. The van der Waals surface area contributed by atoms with Crippen LogP contribution in [0.5, 0.6) is 0 Å². The molecule has 0 unspecified atom stereocenters. The van der Waals surface area contributed by atoms with Gasteiger partial charge in [0, 0.05) is 23.6 Å². The molecule has 26 heavy (non-hydrogen) atoms. The fraction of sp³-hybridized carbons (Fsp3) is 0.150. The van der Waals surface area contributed by atoms with E-state index in [4.69, 9.17) is 0 Å². The van der Waals surface area contributed by atoms with E-state index in [1.165, 1.54) is 0 Å². The zero-order valence-corrected chi connectivity index (χ0v) is 14.8. The number of rotatable bonds is 3. The average molecular weight is 366 g/mol. The van der Waals surface area contributed by atoms with Crippen LogP contribution in [0, 0.1) is 0 Å². The van der Waals surface area contributed by atoms with Crippen molar-refractivity contribution in [2.75, 3.05) is 5.75 Å². The summed E-state index contributed by atoms with van der Waals surface area (Å²) in [5.41, 5.74) is 2.18. The lowest BCUT2D eigenvalue weighted by atomic mass is 10.0.